The second kappa shape index (κ2) is 10.1. The molecule has 0 bridgehead atoms. The molecule has 1 aromatic heterocycles. The van der Waals surface area contributed by atoms with E-state index in [0.717, 1.165) is 25.2 Å². The van der Waals surface area contributed by atoms with Gasteiger partial charge in [-0.25, -0.2) is 0 Å². The van der Waals surface area contributed by atoms with Crippen LogP contribution in [0, 0.1) is 0 Å². The maximum Gasteiger partial charge on any atom is 0.250 e. The third-order valence-electron chi connectivity index (χ3n) is 4.29. The number of nitrogens with zero attached hydrogens (tertiary/aromatic N) is 3. The Morgan fingerprint density at radius 3 is 2.82 bits per heavy atom. The van der Waals surface area contributed by atoms with Crippen molar-refractivity contribution in [2.75, 3.05) is 33.8 Å². The van der Waals surface area contributed by atoms with Crippen LogP contribution in [0.25, 0.3) is 12.2 Å². The predicted octanol–water partition coefficient (Wildman–Crippen LogP) is 3.69. The molecule has 28 heavy (non-hydrogen) atoms. The van der Waals surface area contributed by atoms with Crippen molar-refractivity contribution in [2.45, 2.75) is 26.0 Å². The first-order valence-electron chi connectivity index (χ1n) is 8.94. The van der Waals surface area contributed by atoms with Crippen LogP contribution >= 0.6 is 24.0 Å². The van der Waals surface area contributed by atoms with Crippen LogP contribution in [-0.4, -0.2) is 54.9 Å². The van der Waals surface area contributed by atoms with Gasteiger partial charge in [0.25, 0.3) is 5.89 Å². The van der Waals surface area contributed by atoms with Gasteiger partial charge in [-0.1, -0.05) is 16.8 Å². The molecule has 1 unspecified atom stereocenters. The number of hydrogen-bond acceptors (Lipinski definition) is 7. The molecule has 1 aromatic carbocycles. The van der Waals surface area contributed by atoms with Gasteiger partial charge >= 0.3 is 0 Å². The average molecular weight is 429 g/mol. The average Bonchev–Trinajstić information content (AvgIpc) is 3.10. The molecule has 154 valence electrons. The molecule has 1 aliphatic rings. The molecule has 0 saturated carbocycles. The molecule has 3 rings (SSSR count). The molecule has 1 fully saturated rings. The van der Waals surface area contributed by atoms with Crippen molar-refractivity contribution < 1.29 is 14.0 Å². The van der Waals surface area contributed by atoms with Gasteiger partial charge in [0.1, 0.15) is 0 Å². The predicted molar refractivity (Wildman–Crippen MR) is 112 cm³/mol. The molecular weight excluding hydrogens is 403 g/mol. The molecule has 2 heterocycles. The topological polar surface area (TPSA) is 72.7 Å². The number of aromatic nitrogens is 2. The number of rotatable bonds is 6. The number of nitrogens with one attached hydrogen (secondary N) is 1. The van der Waals surface area contributed by atoms with Crippen LogP contribution in [0.3, 0.4) is 0 Å². The Hall–Kier alpha value is -1.80. The van der Waals surface area contributed by atoms with Gasteiger partial charge in [-0.3, -0.25) is 4.90 Å². The zero-order valence-corrected chi connectivity index (χ0v) is 18.0. The molecule has 0 spiro atoms. The van der Waals surface area contributed by atoms with Crippen LogP contribution in [0.2, 0.25) is 5.02 Å². The van der Waals surface area contributed by atoms with E-state index in [1.54, 1.807) is 13.2 Å². The molecule has 1 saturated heterocycles. The first-order chi connectivity index (χ1) is 13.0. The Morgan fingerprint density at radius 1 is 1.36 bits per heavy atom. The summed E-state index contributed by atoms with van der Waals surface area (Å²) in [5.41, 5.74) is 0.851. The van der Waals surface area contributed by atoms with E-state index in [1.165, 1.54) is 0 Å². The molecule has 7 nitrogen and oxygen atoms in total. The highest BCUT2D eigenvalue weighted by molar-refractivity contribution is 6.32. The first kappa shape index (κ1) is 22.5. The van der Waals surface area contributed by atoms with E-state index in [2.05, 4.69) is 27.4 Å². The molecule has 9 heteroatoms. The molecule has 0 radical (unpaired) electrons. The summed E-state index contributed by atoms with van der Waals surface area (Å²) in [6.45, 7) is 6.61. The van der Waals surface area contributed by atoms with Gasteiger partial charge in [0, 0.05) is 25.7 Å². The van der Waals surface area contributed by atoms with Crippen molar-refractivity contribution in [2.24, 2.45) is 0 Å². The lowest BCUT2D eigenvalue weighted by Crippen LogP contribution is -2.44. The zero-order chi connectivity index (χ0) is 19.4. The third-order valence-corrected chi connectivity index (χ3v) is 4.57. The van der Waals surface area contributed by atoms with E-state index < -0.39 is 0 Å². The van der Waals surface area contributed by atoms with Crippen LogP contribution in [0.4, 0.5) is 0 Å². The van der Waals surface area contributed by atoms with E-state index in [0.29, 0.717) is 28.2 Å². The van der Waals surface area contributed by atoms with Crippen molar-refractivity contribution in [3.63, 3.8) is 0 Å². The van der Waals surface area contributed by atoms with Gasteiger partial charge in [0.05, 0.1) is 24.3 Å². The fraction of sp³-hybridized carbons (Fsp3) is 0.474. The molecule has 1 aliphatic heterocycles. The molecule has 0 amide bonds. The van der Waals surface area contributed by atoms with Crippen LogP contribution in [0.15, 0.2) is 16.7 Å². The van der Waals surface area contributed by atoms with Crippen molar-refractivity contribution >= 4 is 36.2 Å². The van der Waals surface area contributed by atoms with Crippen LogP contribution < -0.4 is 14.8 Å². The van der Waals surface area contributed by atoms with Gasteiger partial charge in [0.2, 0.25) is 0 Å². The van der Waals surface area contributed by atoms with Crippen LogP contribution in [0.5, 0.6) is 11.5 Å². The molecular formula is C19H26Cl2N4O3. The van der Waals surface area contributed by atoms with Crippen LogP contribution in [-0.2, 0) is 0 Å². The fourth-order valence-electron chi connectivity index (χ4n) is 2.90. The van der Waals surface area contributed by atoms with Crippen molar-refractivity contribution in [3.8, 4) is 11.5 Å². The minimum atomic E-state index is 0. The highest BCUT2D eigenvalue weighted by Gasteiger charge is 2.24. The summed E-state index contributed by atoms with van der Waals surface area (Å²) in [5.74, 6) is 2.25. The molecule has 0 aliphatic carbocycles. The number of benzene rings is 1. The highest BCUT2D eigenvalue weighted by Crippen LogP contribution is 2.37. The molecule has 1 N–H and O–H groups in total. The Labute approximate surface area is 176 Å². The van der Waals surface area contributed by atoms with Crippen LogP contribution in [0.1, 0.15) is 37.2 Å². The second-order valence-electron chi connectivity index (χ2n) is 6.73. The lowest BCUT2D eigenvalue weighted by Gasteiger charge is -2.30. The largest absolute Gasteiger partial charge is 0.493 e. The zero-order valence-electron chi connectivity index (χ0n) is 16.4. The number of piperazine rings is 1. The SMILES string of the molecule is COc1cc(/C=C/c2nc(C3CNCCN3C)no2)cc(Cl)c1OC(C)C.Cl. The Kier molecular flexibility index (Phi) is 8.12. The third kappa shape index (κ3) is 5.38. The van der Waals surface area contributed by atoms with E-state index in [1.807, 2.05) is 32.1 Å². The summed E-state index contributed by atoms with van der Waals surface area (Å²) in [7, 11) is 3.65. The number of likely N-dealkylation sites (N-methyl/N-ethyl adjacent to an activating group) is 1. The minimum Gasteiger partial charge on any atom is -0.493 e. The normalized spacial score (nSPS) is 17.7. The summed E-state index contributed by atoms with van der Waals surface area (Å²) in [4.78, 5) is 6.70. The summed E-state index contributed by atoms with van der Waals surface area (Å²) >= 11 is 6.36. The number of ether oxygens (including phenoxy) is 2. The number of halogens is 2. The minimum absolute atomic E-state index is 0. The van der Waals surface area contributed by atoms with Gasteiger partial charge in [-0.05, 0) is 44.7 Å². The summed E-state index contributed by atoms with van der Waals surface area (Å²) < 4.78 is 16.5. The van der Waals surface area contributed by atoms with E-state index in [-0.39, 0.29) is 24.6 Å². The summed E-state index contributed by atoms with van der Waals surface area (Å²) in [6, 6.07) is 3.79. The smallest absolute Gasteiger partial charge is 0.250 e. The quantitative estimate of drug-likeness (QED) is 0.751. The first-order valence-corrected chi connectivity index (χ1v) is 9.32. The lowest BCUT2D eigenvalue weighted by atomic mass is 10.2. The maximum atomic E-state index is 6.36. The summed E-state index contributed by atoms with van der Waals surface area (Å²) in [6.07, 6.45) is 3.62. The van der Waals surface area contributed by atoms with Crippen molar-refractivity contribution in [1.29, 1.82) is 0 Å². The molecule has 2 aromatic rings. The Morgan fingerprint density at radius 2 is 2.14 bits per heavy atom. The molecule has 1 atom stereocenters. The standard InChI is InChI=1S/C19H25ClN4O3.ClH/c1-12(2)26-18-14(20)9-13(10-16(18)25-4)5-6-17-22-19(23-27-17)15-11-21-7-8-24(15)3;/h5-6,9-10,12,15,21H,7-8,11H2,1-4H3;1H/b6-5+;. The maximum absolute atomic E-state index is 6.36. The Balaban J connectivity index is 0.00000280. The van der Waals surface area contributed by atoms with E-state index >= 15 is 0 Å². The lowest BCUT2D eigenvalue weighted by molar-refractivity contribution is 0.190. The second-order valence-corrected chi connectivity index (χ2v) is 7.13. The number of methoxy groups -OCH3 is 1. The van der Waals surface area contributed by atoms with Crippen molar-refractivity contribution in [3.05, 3.63) is 34.4 Å². The monoisotopic (exact) mass is 428 g/mol. The summed E-state index contributed by atoms with van der Waals surface area (Å²) in [5, 5.41) is 7.95. The number of hydrogen-bond donors (Lipinski definition) is 1. The fourth-order valence-corrected chi connectivity index (χ4v) is 3.16. The van der Waals surface area contributed by atoms with Crippen molar-refractivity contribution in [1.82, 2.24) is 20.4 Å². The highest BCUT2D eigenvalue weighted by atomic mass is 35.5. The Bertz CT molecular complexity index is 810. The van der Waals surface area contributed by atoms with E-state index in [4.69, 9.17) is 25.6 Å². The van der Waals surface area contributed by atoms with Gasteiger partial charge in [0.15, 0.2) is 17.3 Å². The van der Waals surface area contributed by atoms with Gasteiger partial charge in [-0.2, -0.15) is 4.98 Å². The van der Waals surface area contributed by atoms with E-state index in [9.17, 15) is 0 Å². The van der Waals surface area contributed by atoms with Gasteiger partial charge < -0.3 is 19.3 Å². The van der Waals surface area contributed by atoms with Gasteiger partial charge in [-0.15, -0.1) is 12.4 Å².